The maximum atomic E-state index is 11.5. The molecule has 0 aromatic heterocycles. The number of carbonyl (C=O) groups is 1. The van der Waals surface area contributed by atoms with E-state index in [2.05, 4.69) is 32.6 Å². The Hall–Kier alpha value is -1.57. The summed E-state index contributed by atoms with van der Waals surface area (Å²) >= 11 is 0. The molecule has 0 aromatic rings. The highest BCUT2D eigenvalue weighted by atomic mass is 16.5. The van der Waals surface area contributed by atoms with E-state index in [4.69, 9.17) is 4.74 Å². The molecule has 1 aliphatic heterocycles. The summed E-state index contributed by atoms with van der Waals surface area (Å²) in [4.78, 5) is 11.5. The number of hydrogen-bond acceptors (Lipinski definition) is 2. The lowest BCUT2D eigenvalue weighted by Gasteiger charge is -2.10. The van der Waals surface area contributed by atoms with Gasteiger partial charge in [-0.05, 0) is 39.2 Å². The van der Waals surface area contributed by atoms with Crippen LogP contribution < -0.4 is 0 Å². The zero-order valence-corrected chi connectivity index (χ0v) is 10.5. The molecular formula is C15H18O2. The smallest absolute Gasteiger partial charge is 0.338 e. The molecule has 17 heavy (non-hydrogen) atoms. The summed E-state index contributed by atoms with van der Waals surface area (Å²) in [5.74, 6) is -0.286. The first kappa shape index (κ1) is 11.9. The monoisotopic (exact) mass is 230 g/mol. The summed E-state index contributed by atoms with van der Waals surface area (Å²) in [6.45, 7) is 8.00. The largest absolute Gasteiger partial charge is 0.450 e. The molecule has 1 saturated heterocycles. The molecule has 0 amide bonds. The Balaban J connectivity index is 2.37. The number of esters is 1. The molecule has 1 fully saturated rings. The summed E-state index contributed by atoms with van der Waals surface area (Å²) in [6, 6.07) is 0. The predicted molar refractivity (Wildman–Crippen MR) is 68.5 cm³/mol. The topological polar surface area (TPSA) is 26.3 Å². The lowest BCUT2D eigenvalue weighted by molar-refractivity contribution is -0.137. The number of fused-ring (bicyclic) bond motifs is 1. The molecule has 2 heteroatoms. The number of allylic oxidation sites excluding steroid dienone is 4. The maximum Gasteiger partial charge on any atom is 0.338 e. The minimum Gasteiger partial charge on any atom is -0.450 e. The van der Waals surface area contributed by atoms with E-state index in [-0.39, 0.29) is 12.1 Å². The Kier molecular flexibility index (Phi) is 3.32. The highest BCUT2D eigenvalue weighted by Crippen LogP contribution is 2.29. The van der Waals surface area contributed by atoms with Gasteiger partial charge in [-0.15, -0.1) is 0 Å². The Morgan fingerprint density at radius 1 is 1.29 bits per heavy atom. The van der Waals surface area contributed by atoms with Crippen molar-refractivity contribution in [2.45, 2.75) is 39.2 Å². The molecule has 0 radical (unpaired) electrons. The van der Waals surface area contributed by atoms with Gasteiger partial charge >= 0.3 is 5.97 Å². The van der Waals surface area contributed by atoms with Crippen molar-refractivity contribution in [2.75, 3.05) is 0 Å². The van der Waals surface area contributed by atoms with Gasteiger partial charge in [-0.3, -0.25) is 0 Å². The van der Waals surface area contributed by atoms with Crippen molar-refractivity contribution in [2.24, 2.45) is 0 Å². The molecule has 0 bridgehead atoms. The standard InChI is InChI=1S/C15H18O2/c1-10-5-4-6-11(2)9-14-13(8-7-10)12(3)15(16)17-14/h5,8-9,14H,3-4,6-7H2,1-2H3/b10-5+,11-9+,13-8-/t14-/m1/s1. The molecule has 0 saturated carbocycles. The molecular weight excluding hydrogens is 212 g/mol. The Bertz CT molecular complexity index is 450. The zero-order valence-electron chi connectivity index (χ0n) is 10.5. The fourth-order valence-electron chi connectivity index (χ4n) is 2.14. The first-order valence-electron chi connectivity index (χ1n) is 6.01. The Morgan fingerprint density at radius 2 is 2.06 bits per heavy atom. The van der Waals surface area contributed by atoms with Crippen LogP contribution in [0.5, 0.6) is 0 Å². The average Bonchev–Trinajstić information content (AvgIpc) is 2.52. The minimum absolute atomic E-state index is 0.221. The lowest BCUT2D eigenvalue weighted by atomic mass is 9.97. The van der Waals surface area contributed by atoms with E-state index < -0.39 is 0 Å². The first-order valence-corrected chi connectivity index (χ1v) is 6.01. The number of hydrogen-bond donors (Lipinski definition) is 0. The van der Waals surface area contributed by atoms with Crippen molar-refractivity contribution in [1.82, 2.24) is 0 Å². The van der Waals surface area contributed by atoms with Gasteiger partial charge in [-0.25, -0.2) is 4.79 Å². The molecule has 0 aromatic carbocycles. The molecule has 2 nitrogen and oxygen atoms in total. The summed E-state index contributed by atoms with van der Waals surface area (Å²) in [6.07, 6.45) is 9.09. The zero-order chi connectivity index (χ0) is 12.4. The number of carbonyl (C=O) groups excluding carboxylic acids is 1. The van der Waals surface area contributed by atoms with E-state index in [1.807, 2.05) is 6.08 Å². The van der Waals surface area contributed by atoms with Gasteiger partial charge in [0.2, 0.25) is 0 Å². The van der Waals surface area contributed by atoms with Crippen LogP contribution in [0.15, 0.2) is 47.1 Å². The van der Waals surface area contributed by atoms with Crippen molar-refractivity contribution in [1.29, 1.82) is 0 Å². The highest BCUT2D eigenvalue weighted by molar-refractivity contribution is 5.96. The summed E-state index contributed by atoms with van der Waals surface area (Å²) in [5.41, 5.74) is 4.03. The van der Waals surface area contributed by atoms with Crippen LogP contribution in [0.3, 0.4) is 0 Å². The van der Waals surface area contributed by atoms with Gasteiger partial charge in [-0.1, -0.05) is 29.9 Å². The third-order valence-electron chi connectivity index (χ3n) is 3.25. The molecule has 2 aliphatic rings. The second-order valence-corrected chi connectivity index (χ2v) is 4.77. The first-order chi connectivity index (χ1) is 8.08. The lowest BCUT2D eigenvalue weighted by Crippen LogP contribution is -2.06. The van der Waals surface area contributed by atoms with Crippen LogP contribution in [0.2, 0.25) is 0 Å². The van der Waals surface area contributed by atoms with Gasteiger partial charge in [0.25, 0.3) is 0 Å². The number of rotatable bonds is 0. The van der Waals surface area contributed by atoms with Crippen molar-refractivity contribution in [3.05, 3.63) is 47.1 Å². The SMILES string of the molecule is C=C1C(=O)O[C@@H]2/C=C(\C)CC/C=C(\C)C/C=C/12. The van der Waals surface area contributed by atoms with E-state index >= 15 is 0 Å². The van der Waals surface area contributed by atoms with Gasteiger partial charge in [-0.2, -0.15) is 0 Å². The summed E-state index contributed by atoms with van der Waals surface area (Å²) < 4.78 is 5.31. The molecule has 1 aliphatic carbocycles. The van der Waals surface area contributed by atoms with Crippen molar-refractivity contribution in [3.63, 3.8) is 0 Å². The highest BCUT2D eigenvalue weighted by Gasteiger charge is 2.31. The van der Waals surface area contributed by atoms with E-state index in [1.54, 1.807) is 0 Å². The fourth-order valence-corrected chi connectivity index (χ4v) is 2.14. The molecule has 0 N–H and O–H groups in total. The second-order valence-electron chi connectivity index (χ2n) is 4.77. The van der Waals surface area contributed by atoms with Crippen LogP contribution in [0.1, 0.15) is 33.1 Å². The van der Waals surface area contributed by atoms with E-state index in [1.165, 1.54) is 11.1 Å². The van der Waals surface area contributed by atoms with Gasteiger partial charge in [0.1, 0.15) is 6.10 Å². The minimum atomic E-state index is -0.286. The Labute approximate surface area is 102 Å². The molecule has 1 atom stereocenters. The summed E-state index contributed by atoms with van der Waals surface area (Å²) in [5, 5.41) is 0. The van der Waals surface area contributed by atoms with Crippen LogP contribution in [-0.2, 0) is 9.53 Å². The fraction of sp³-hybridized carbons (Fsp3) is 0.400. The van der Waals surface area contributed by atoms with Gasteiger partial charge in [0, 0.05) is 5.57 Å². The maximum absolute atomic E-state index is 11.5. The molecule has 0 spiro atoms. The van der Waals surface area contributed by atoms with Crippen molar-refractivity contribution < 1.29 is 9.53 Å². The predicted octanol–water partition coefficient (Wildman–Crippen LogP) is 3.47. The van der Waals surface area contributed by atoms with Crippen molar-refractivity contribution >= 4 is 5.97 Å². The molecule has 0 unspecified atom stereocenters. The molecule has 2 rings (SSSR count). The van der Waals surface area contributed by atoms with Gasteiger partial charge < -0.3 is 4.74 Å². The van der Waals surface area contributed by atoms with Crippen LogP contribution in [0.4, 0.5) is 0 Å². The van der Waals surface area contributed by atoms with Gasteiger partial charge in [0.15, 0.2) is 0 Å². The van der Waals surface area contributed by atoms with Gasteiger partial charge in [0.05, 0.1) is 5.57 Å². The average molecular weight is 230 g/mol. The van der Waals surface area contributed by atoms with Crippen molar-refractivity contribution in [3.8, 4) is 0 Å². The third-order valence-corrected chi connectivity index (χ3v) is 3.25. The third kappa shape index (κ3) is 2.57. The van der Waals surface area contributed by atoms with E-state index in [0.717, 1.165) is 24.8 Å². The Morgan fingerprint density at radius 3 is 2.82 bits per heavy atom. The summed E-state index contributed by atoms with van der Waals surface area (Å²) in [7, 11) is 0. The van der Waals surface area contributed by atoms with E-state index in [9.17, 15) is 4.79 Å². The van der Waals surface area contributed by atoms with Crippen LogP contribution in [-0.4, -0.2) is 12.1 Å². The van der Waals surface area contributed by atoms with Crippen LogP contribution in [0.25, 0.3) is 0 Å². The molecule has 90 valence electrons. The van der Waals surface area contributed by atoms with Crippen LogP contribution >= 0.6 is 0 Å². The molecule has 1 heterocycles. The number of ether oxygens (including phenoxy) is 1. The van der Waals surface area contributed by atoms with Crippen LogP contribution in [0, 0.1) is 0 Å². The quantitative estimate of drug-likeness (QED) is 0.362. The normalized spacial score (nSPS) is 34.7. The second kappa shape index (κ2) is 4.74. The van der Waals surface area contributed by atoms with E-state index in [0.29, 0.717) is 5.57 Å².